The van der Waals surface area contributed by atoms with Crippen molar-refractivity contribution >= 4 is 16.5 Å². The fourth-order valence-electron chi connectivity index (χ4n) is 1.40. The maximum Gasteiger partial charge on any atom is 0.172 e. The Hall–Kier alpha value is 0.500. The topological polar surface area (TPSA) is 42.3 Å². The van der Waals surface area contributed by atoms with Gasteiger partial charge in [0.15, 0.2) is 7.51 Å². The molecule has 0 rings (SSSR count). The molecule has 0 aromatic rings. The molecule has 0 heterocycles. The van der Waals surface area contributed by atoms with Gasteiger partial charge >= 0.3 is 0 Å². The van der Waals surface area contributed by atoms with Crippen LogP contribution in [0.3, 0.4) is 0 Å². The summed E-state index contributed by atoms with van der Waals surface area (Å²) in [5.74, 6) is 0. The molecule has 13 heavy (non-hydrogen) atoms. The van der Waals surface area contributed by atoms with E-state index in [2.05, 4.69) is 18.5 Å². The number of hydrogen-bond donors (Lipinski definition) is 1. The first kappa shape index (κ1) is 13.5. The van der Waals surface area contributed by atoms with E-state index in [9.17, 15) is 0 Å². The zero-order chi connectivity index (χ0) is 10.6. The first-order valence-electron chi connectivity index (χ1n) is 3.93. The summed E-state index contributed by atoms with van der Waals surface area (Å²) in [5, 5.41) is 0. The van der Waals surface area contributed by atoms with Crippen LogP contribution < -0.4 is 0 Å². The highest BCUT2D eigenvalue weighted by Crippen LogP contribution is 2.56. The third kappa shape index (κ3) is 2.72. The molecule has 80 valence electrons. The largest absolute Gasteiger partial charge is 0.356 e. The molecule has 0 bridgehead atoms. The Morgan fingerprint density at radius 2 is 1.23 bits per heavy atom. The van der Waals surface area contributed by atoms with Crippen LogP contribution in [0.4, 0.5) is 0 Å². The van der Waals surface area contributed by atoms with Gasteiger partial charge in [-0.1, -0.05) is 0 Å². The zero-order valence-electron chi connectivity index (χ0n) is 9.18. The summed E-state index contributed by atoms with van der Waals surface area (Å²) in [6.45, 7) is 0. The highest BCUT2D eigenvalue weighted by molar-refractivity contribution is 7.63. The van der Waals surface area contributed by atoms with Gasteiger partial charge in [0.05, 0.1) is 0 Å². The van der Waals surface area contributed by atoms with Gasteiger partial charge in [-0.05, 0) is 42.3 Å². The van der Waals surface area contributed by atoms with Gasteiger partial charge in [0, 0.05) is 0 Å². The van der Waals surface area contributed by atoms with Crippen LogP contribution in [-0.4, -0.2) is 61.2 Å². The van der Waals surface area contributed by atoms with Gasteiger partial charge in [0.25, 0.3) is 0 Å². The summed E-state index contributed by atoms with van der Waals surface area (Å²) < 4.78 is 10.5. The summed E-state index contributed by atoms with van der Waals surface area (Å²) in [7, 11) is 9.71. The summed E-state index contributed by atoms with van der Waals surface area (Å²) >= 11 is 0. The monoisotopic (exact) mass is 226 g/mol. The minimum Gasteiger partial charge on any atom is -0.356 e. The highest BCUT2D eigenvalue weighted by Gasteiger charge is 2.27. The lowest BCUT2D eigenvalue weighted by atomic mass is 11.2. The van der Waals surface area contributed by atoms with Gasteiger partial charge in [-0.15, -0.1) is 0 Å². The van der Waals surface area contributed by atoms with Crippen molar-refractivity contribution in [2.24, 2.45) is 4.52 Å². The third-order valence-corrected chi connectivity index (χ3v) is 6.44. The van der Waals surface area contributed by atoms with Crippen LogP contribution in [0, 0.1) is 0 Å². The van der Waals surface area contributed by atoms with Gasteiger partial charge in [-0.3, -0.25) is 14.0 Å². The average Bonchev–Trinajstić information content (AvgIpc) is 1.97. The van der Waals surface area contributed by atoms with Crippen molar-refractivity contribution in [2.75, 3.05) is 42.3 Å². The molecule has 0 spiro atoms. The summed E-state index contributed by atoms with van der Waals surface area (Å²) in [5.41, 5.74) is 0. The van der Waals surface area contributed by atoms with Crippen molar-refractivity contribution in [3.8, 4) is 0 Å². The Bertz CT molecular complexity index is 176. The molecule has 0 aromatic heterocycles. The second kappa shape index (κ2) is 5.40. The van der Waals surface area contributed by atoms with Gasteiger partial charge < -0.3 is 4.89 Å². The van der Waals surface area contributed by atoms with E-state index in [0.29, 0.717) is 0 Å². The Kier molecular flexibility index (Phi) is 5.61. The highest BCUT2D eigenvalue weighted by atomic mass is 31.2. The molecule has 7 heteroatoms. The normalized spacial score (nSPS) is 14.0. The maximum atomic E-state index is 8.96. The summed E-state index contributed by atoms with van der Waals surface area (Å²) in [4.78, 5) is 8.96. The van der Waals surface area contributed by atoms with Crippen LogP contribution in [-0.2, 0) is 0 Å². The van der Waals surface area contributed by atoms with Crippen molar-refractivity contribution in [1.82, 2.24) is 14.0 Å². The van der Waals surface area contributed by atoms with E-state index in [1.807, 2.05) is 42.3 Å². The van der Waals surface area contributed by atoms with Crippen molar-refractivity contribution in [3.63, 3.8) is 0 Å². The van der Waals surface area contributed by atoms with Gasteiger partial charge in [-0.25, -0.2) is 4.52 Å². The summed E-state index contributed by atoms with van der Waals surface area (Å²) in [6, 6.07) is 0. The SMILES string of the molecule is CN(C)P(=NPO)(N(C)C)N(C)C. The van der Waals surface area contributed by atoms with Crippen LogP contribution in [0.25, 0.3) is 0 Å². The lowest BCUT2D eigenvalue weighted by molar-refractivity contribution is 0.475. The first-order chi connectivity index (χ1) is 5.89. The molecule has 0 aliphatic heterocycles. The molecule has 0 saturated carbocycles. The zero-order valence-corrected chi connectivity index (χ0v) is 11.1. The predicted octanol–water partition coefficient (Wildman–Crippen LogP) is 1.12. The average molecular weight is 226 g/mol. The molecule has 0 aliphatic rings. The molecular formula is C6H20N4OP2. The van der Waals surface area contributed by atoms with Crippen LogP contribution in [0.2, 0.25) is 0 Å². The van der Waals surface area contributed by atoms with Crippen molar-refractivity contribution in [3.05, 3.63) is 0 Å². The molecule has 0 aliphatic carbocycles. The van der Waals surface area contributed by atoms with E-state index in [4.69, 9.17) is 4.89 Å². The molecule has 0 radical (unpaired) electrons. The van der Waals surface area contributed by atoms with Crippen LogP contribution >= 0.6 is 16.5 Å². The molecule has 5 nitrogen and oxygen atoms in total. The van der Waals surface area contributed by atoms with E-state index in [-0.39, 0.29) is 8.96 Å². The molecule has 0 amide bonds. The van der Waals surface area contributed by atoms with E-state index in [1.54, 1.807) is 0 Å². The van der Waals surface area contributed by atoms with Crippen molar-refractivity contribution in [1.29, 1.82) is 0 Å². The molecule has 0 saturated heterocycles. The Morgan fingerprint density at radius 1 is 0.923 bits per heavy atom. The van der Waals surface area contributed by atoms with Crippen molar-refractivity contribution in [2.45, 2.75) is 0 Å². The quantitative estimate of drug-likeness (QED) is 0.729. The Balaban J connectivity index is 5.20. The fourth-order valence-corrected chi connectivity index (χ4v) is 6.17. The smallest absolute Gasteiger partial charge is 0.172 e. The standard InChI is InChI=1S/C6H20N4OP2/c1-8(2)13(7-12-11,9(3)4)10(5)6/h11-12H,1-6H3. The minimum absolute atomic E-state index is 0.363. The molecule has 0 aromatic carbocycles. The van der Waals surface area contributed by atoms with E-state index in [0.717, 1.165) is 0 Å². The number of nitrogens with zero attached hydrogens (tertiary/aromatic N) is 4. The molecule has 1 atom stereocenters. The minimum atomic E-state index is -1.82. The Labute approximate surface area is 82.9 Å². The third-order valence-electron chi connectivity index (χ3n) is 1.79. The first-order valence-corrected chi connectivity index (χ1v) is 6.42. The van der Waals surface area contributed by atoms with Crippen LogP contribution in [0.15, 0.2) is 4.52 Å². The number of hydrogen-bond acceptors (Lipinski definition) is 2. The van der Waals surface area contributed by atoms with E-state index < -0.39 is 7.51 Å². The lowest BCUT2D eigenvalue weighted by Crippen LogP contribution is -2.30. The molecular weight excluding hydrogens is 206 g/mol. The van der Waals surface area contributed by atoms with E-state index >= 15 is 0 Å². The fraction of sp³-hybridized carbons (Fsp3) is 1.00. The van der Waals surface area contributed by atoms with Crippen molar-refractivity contribution < 1.29 is 4.89 Å². The summed E-state index contributed by atoms with van der Waals surface area (Å²) in [6.07, 6.45) is 0. The van der Waals surface area contributed by atoms with Gasteiger partial charge in [-0.2, -0.15) is 0 Å². The predicted molar refractivity (Wildman–Crippen MR) is 60.9 cm³/mol. The van der Waals surface area contributed by atoms with E-state index in [1.165, 1.54) is 0 Å². The van der Waals surface area contributed by atoms with Crippen LogP contribution in [0.1, 0.15) is 0 Å². The second-order valence-electron chi connectivity index (χ2n) is 3.28. The second-order valence-corrected chi connectivity index (χ2v) is 7.75. The van der Waals surface area contributed by atoms with Gasteiger partial charge in [0.2, 0.25) is 0 Å². The molecule has 1 N–H and O–H groups in total. The molecule has 1 unspecified atom stereocenters. The van der Waals surface area contributed by atoms with Crippen LogP contribution in [0.5, 0.6) is 0 Å². The maximum absolute atomic E-state index is 8.96. The molecule has 0 fully saturated rings. The lowest BCUT2D eigenvalue weighted by Gasteiger charge is -2.40. The Morgan fingerprint density at radius 3 is 1.31 bits per heavy atom. The number of rotatable bonds is 4. The van der Waals surface area contributed by atoms with Gasteiger partial charge in [0.1, 0.15) is 8.96 Å².